The number of carbonyl (C=O) groups is 1. The van der Waals surface area contributed by atoms with Gasteiger partial charge in [0.25, 0.3) is 5.56 Å². The van der Waals surface area contributed by atoms with Crippen molar-refractivity contribution < 1.29 is 4.79 Å². The molecule has 1 fully saturated rings. The van der Waals surface area contributed by atoms with Crippen molar-refractivity contribution in [2.24, 2.45) is 0 Å². The number of rotatable bonds is 4. The van der Waals surface area contributed by atoms with Crippen molar-refractivity contribution in [3.05, 3.63) is 38.6 Å². The summed E-state index contributed by atoms with van der Waals surface area (Å²) < 4.78 is 3.61. The van der Waals surface area contributed by atoms with Crippen molar-refractivity contribution in [2.45, 2.75) is 18.8 Å². The summed E-state index contributed by atoms with van der Waals surface area (Å²) in [7, 11) is 1.50. The molecule has 2 amide bonds. The molecule has 0 bridgehead atoms. The number of aromatic amines is 1. The molecule has 0 spiro atoms. The zero-order valence-electron chi connectivity index (χ0n) is 11.8. The van der Waals surface area contributed by atoms with Crippen molar-refractivity contribution in [1.82, 2.24) is 9.69 Å². The van der Waals surface area contributed by atoms with E-state index in [1.807, 2.05) is 6.07 Å². The number of nitrogens with one attached hydrogen (secondary N) is 4. The van der Waals surface area contributed by atoms with Gasteiger partial charge in [-0.05, 0) is 54.1 Å². The predicted octanol–water partition coefficient (Wildman–Crippen LogP) is 3.57. The lowest BCUT2D eigenvalue weighted by atomic mass is 10.1. The second-order valence-electron chi connectivity index (χ2n) is 5.11. The average Bonchev–Trinajstić information content (AvgIpc) is 3.28. The van der Waals surface area contributed by atoms with Gasteiger partial charge in [0.2, 0.25) is 0 Å². The molecule has 1 aliphatic rings. The smallest absolute Gasteiger partial charge is 0.319 e. The Kier molecular flexibility index (Phi) is 4.21. The van der Waals surface area contributed by atoms with Crippen LogP contribution in [0.4, 0.5) is 21.2 Å². The third kappa shape index (κ3) is 3.33. The molecule has 6 nitrogen and oxygen atoms in total. The molecule has 4 N–H and O–H groups in total. The van der Waals surface area contributed by atoms with E-state index in [9.17, 15) is 9.59 Å². The van der Waals surface area contributed by atoms with Crippen LogP contribution in [0.25, 0.3) is 0 Å². The Morgan fingerprint density at radius 3 is 2.82 bits per heavy atom. The van der Waals surface area contributed by atoms with Crippen LogP contribution in [0, 0.1) is 0 Å². The first-order valence-electron chi connectivity index (χ1n) is 6.84. The first-order chi connectivity index (χ1) is 10.6. The van der Waals surface area contributed by atoms with Crippen molar-refractivity contribution in [3.8, 4) is 0 Å². The van der Waals surface area contributed by atoms with E-state index in [0.717, 1.165) is 21.7 Å². The highest BCUT2D eigenvalue weighted by molar-refractivity contribution is 9.10. The van der Waals surface area contributed by atoms with E-state index in [1.54, 1.807) is 0 Å². The fraction of sp³-hybridized carbons (Fsp3) is 0.286. The molecule has 0 saturated heterocycles. The summed E-state index contributed by atoms with van der Waals surface area (Å²) in [6.45, 7) is 0. The van der Waals surface area contributed by atoms with Crippen LogP contribution in [-0.2, 0) is 0 Å². The molecule has 3 rings (SSSR count). The first-order valence-corrected chi connectivity index (χ1v) is 8.45. The lowest BCUT2D eigenvalue weighted by molar-refractivity contribution is 0.254. The number of halogens is 1. The molecule has 8 heteroatoms. The quantitative estimate of drug-likeness (QED) is 0.651. The standard InChI is InChI=1S/C14H15BrN4O2S/c1-16-14(21)18-11-12(20)19-22-13(11)17-10-5-8(7-2-3-7)4-9(15)6-10/h4-7,17H,2-3H2,1H3,(H,19,20)(H2,16,18,21). The number of amides is 2. The summed E-state index contributed by atoms with van der Waals surface area (Å²) in [6, 6.07) is 5.71. The molecule has 22 heavy (non-hydrogen) atoms. The normalized spacial score (nSPS) is 13.7. The van der Waals surface area contributed by atoms with Gasteiger partial charge in [0.1, 0.15) is 10.7 Å². The maximum absolute atomic E-state index is 11.8. The summed E-state index contributed by atoms with van der Waals surface area (Å²) >= 11 is 4.66. The maximum Gasteiger partial charge on any atom is 0.319 e. The number of aromatic nitrogens is 1. The second-order valence-corrected chi connectivity index (χ2v) is 6.85. The molecule has 1 aliphatic carbocycles. The summed E-state index contributed by atoms with van der Waals surface area (Å²) in [6.07, 6.45) is 2.44. The van der Waals surface area contributed by atoms with Gasteiger partial charge in [-0.25, -0.2) is 4.79 Å². The van der Waals surface area contributed by atoms with Gasteiger partial charge < -0.3 is 16.0 Å². The van der Waals surface area contributed by atoms with E-state index in [1.165, 1.54) is 25.5 Å². The van der Waals surface area contributed by atoms with E-state index < -0.39 is 6.03 Å². The zero-order chi connectivity index (χ0) is 15.7. The average molecular weight is 383 g/mol. The van der Waals surface area contributed by atoms with Crippen molar-refractivity contribution >= 4 is 49.9 Å². The summed E-state index contributed by atoms with van der Waals surface area (Å²) in [5, 5.41) is 8.74. The Morgan fingerprint density at radius 2 is 2.14 bits per heavy atom. The Morgan fingerprint density at radius 1 is 1.36 bits per heavy atom. The Balaban J connectivity index is 1.87. The molecule has 116 valence electrons. The Labute approximate surface area is 139 Å². The van der Waals surface area contributed by atoms with Gasteiger partial charge >= 0.3 is 6.03 Å². The highest BCUT2D eigenvalue weighted by Gasteiger charge is 2.24. The Hall–Kier alpha value is -1.80. The van der Waals surface area contributed by atoms with Gasteiger partial charge in [-0.3, -0.25) is 9.17 Å². The van der Waals surface area contributed by atoms with Gasteiger partial charge in [-0.15, -0.1) is 0 Å². The maximum atomic E-state index is 11.8. The fourth-order valence-corrected chi connectivity index (χ4v) is 3.37. The van der Waals surface area contributed by atoms with Crippen LogP contribution in [0.1, 0.15) is 24.3 Å². The van der Waals surface area contributed by atoms with Crippen molar-refractivity contribution in [1.29, 1.82) is 0 Å². The van der Waals surface area contributed by atoms with Gasteiger partial charge in [-0.1, -0.05) is 15.9 Å². The predicted molar refractivity (Wildman–Crippen MR) is 92.4 cm³/mol. The molecular formula is C14H15BrN4O2S. The lowest BCUT2D eigenvalue weighted by Crippen LogP contribution is -2.27. The minimum Gasteiger partial charge on any atom is -0.344 e. The molecule has 1 saturated carbocycles. The molecule has 0 radical (unpaired) electrons. The first kappa shape index (κ1) is 15.1. The van der Waals surface area contributed by atoms with E-state index in [0.29, 0.717) is 10.9 Å². The molecule has 2 aromatic rings. The largest absolute Gasteiger partial charge is 0.344 e. The van der Waals surface area contributed by atoms with Crippen LogP contribution in [0.2, 0.25) is 0 Å². The fourth-order valence-electron chi connectivity index (χ4n) is 2.15. The molecule has 0 unspecified atom stereocenters. The third-order valence-electron chi connectivity index (χ3n) is 3.39. The van der Waals surface area contributed by atoms with Crippen LogP contribution in [0.5, 0.6) is 0 Å². The van der Waals surface area contributed by atoms with Crippen LogP contribution < -0.4 is 21.5 Å². The highest BCUT2D eigenvalue weighted by Crippen LogP contribution is 2.42. The van der Waals surface area contributed by atoms with Crippen LogP contribution in [-0.4, -0.2) is 17.5 Å². The van der Waals surface area contributed by atoms with Crippen LogP contribution in [0.3, 0.4) is 0 Å². The number of benzene rings is 1. The minimum absolute atomic E-state index is 0.220. The van der Waals surface area contributed by atoms with Gasteiger partial charge in [0, 0.05) is 17.2 Å². The number of hydrogen-bond donors (Lipinski definition) is 4. The number of carbonyl (C=O) groups excluding carboxylic acids is 1. The third-order valence-corrected chi connectivity index (χ3v) is 4.65. The Bertz CT molecular complexity index is 766. The van der Waals surface area contributed by atoms with E-state index in [-0.39, 0.29) is 11.2 Å². The molecule has 0 aliphatic heterocycles. The van der Waals surface area contributed by atoms with Gasteiger partial charge in [0.05, 0.1) is 0 Å². The van der Waals surface area contributed by atoms with Crippen molar-refractivity contribution in [3.63, 3.8) is 0 Å². The summed E-state index contributed by atoms with van der Waals surface area (Å²) in [4.78, 5) is 23.2. The van der Waals surface area contributed by atoms with Crippen LogP contribution >= 0.6 is 27.5 Å². The number of hydrogen-bond acceptors (Lipinski definition) is 4. The van der Waals surface area contributed by atoms with Gasteiger partial charge in [-0.2, -0.15) is 0 Å². The minimum atomic E-state index is -0.431. The van der Waals surface area contributed by atoms with Crippen molar-refractivity contribution in [2.75, 3.05) is 17.7 Å². The summed E-state index contributed by atoms with van der Waals surface area (Å²) in [5.74, 6) is 0.631. The number of anilines is 3. The number of H-pyrrole nitrogens is 1. The second kappa shape index (κ2) is 6.13. The molecular weight excluding hydrogens is 368 g/mol. The number of urea groups is 1. The van der Waals surface area contributed by atoms with E-state index in [4.69, 9.17) is 0 Å². The zero-order valence-corrected chi connectivity index (χ0v) is 14.2. The van der Waals surface area contributed by atoms with E-state index in [2.05, 4.69) is 48.4 Å². The van der Waals surface area contributed by atoms with Gasteiger partial charge in [0.15, 0.2) is 0 Å². The monoisotopic (exact) mass is 382 g/mol. The topological polar surface area (TPSA) is 86.0 Å². The molecule has 0 atom stereocenters. The SMILES string of the molecule is CNC(=O)Nc1c(Nc2cc(Br)cc(C3CC3)c2)s[nH]c1=O. The lowest BCUT2D eigenvalue weighted by Gasteiger charge is -2.09. The van der Waals surface area contributed by atoms with Crippen LogP contribution in [0.15, 0.2) is 27.5 Å². The molecule has 1 aromatic heterocycles. The summed E-state index contributed by atoms with van der Waals surface area (Å²) in [5.41, 5.74) is 2.05. The van der Waals surface area contributed by atoms with E-state index >= 15 is 0 Å². The molecule has 1 aromatic carbocycles. The molecule has 1 heterocycles. The highest BCUT2D eigenvalue weighted by atomic mass is 79.9.